The number of benzene rings is 1. The van der Waals surface area contributed by atoms with Gasteiger partial charge in [0.2, 0.25) is 0 Å². The van der Waals surface area contributed by atoms with Gasteiger partial charge in [0.05, 0.1) is 0 Å². The Morgan fingerprint density at radius 3 is 2.15 bits per heavy atom. The lowest BCUT2D eigenvalue weighted by atomic mass is 9.96. The fourth-order valence-electron chi connectivity index (χ4n) is 2.76. The largest absolute Gasteiger partial charge is 0.328 e. The summed E-state index contributed by atoms with van der Waals surface area (Å²) >= 11 is 0. The van der Waals surface area contributed by atoms with Gasteiger partial charge in [-0.1, -0.05) is 12.1 Å². The molecule has 1 aromatic carbocycles. The molecule has 5 nitrogen and oxygen atoms in total. The zero-order chi connectivity index (χ0) is 14.4. The van der Waals surface area contributed by atoms with Crippen LogP contribution in [0.3, 0.4) is 0 Å². The predicted molar refractivity (Wildman–Crippen MR) is 72.8 cm³/mol. The van der Waals surface area contributed by atoms with Gasteiger partial charge in [-0.2, -0.15) is 0 Å². The van der Waals surface area contributed by atoms with Gasteiger partial charge in [-0.05, 0) is 54.5 Å². The van der Waals surface area contributed by atoms with E-state index in [1.807, 2.05) is 19.9 Å². The molecule has 3 rings (SSSR count). The number of allylic oxidation sites excluding steroid dienone is 1. The molecular formula is C15H14N2O3. The lowest BCUT2D eigenvalue weighted by Gasteiger charge is -2.17. The van der Waals surface area contributed by atoms with Gasteiger partial charge in [0.15, 0.2) is 0 Å². The van der Waals surface area contributed by atoms with Crippen LogP contribution >= 0.6 is 0 Å². The van der Waals surface area contributed by atoms with Crippen LogP contribution in [0.25, 0.3) is 5.57 Å². The van der Waals surface area contributed by atoms with Gasteiger partial charge >= 0.3 is 6.03 Å². The fourth-order valence-corrected chi connectivity index (χ4v) is 2.76. The molecule has 0 aromatic heterocycles. The van der Waals surface area contributed by atoms with Gasteiger partial charge < -0.3 is 0 Å². The SMILES string of the molecule is Cc1cc2c(cc1C)C(=C1C(=O)NC(=O)NC1=O)CC2. The third kappa shape index (κ3) is 1.82. The van der Waals surface area contributed by atoms with Crippen molar-refractivity contribution in [3.05, 3.63) is 40.0 Å². The predicted octanol–water partition coefficient (Wildman–Crippen LogP) is 1.37. The zero-order valence-corrected chi connectivity index (χ0v) is 11.3. The number of amides is 4. The van der Waals surface area contributed by atoms with E-state index in [-0.39, 0.29) is 5.57 Å². The number of rotatable bonds is 0. The van der Waals surface area contributed by atoms with E-state index in [1.165, 1.54) is 5.56 Å². The molecule has 2 N–H and O–H groups in total. The Kier molecular flexibility index (Phi) is 2.71. The van der Waals surface area contributed by atoms with E-state index in [4.69, 9.17) is 0 Å². The first kappa shape index (κ1) is 12.6. The monoisotopic (exact) mass is 270 g/mol. The van der Waals surface area contributed by atoms with Crippen molar-refractivity contribution in [1.29, 1.82) is 0 Å². The second-order valence-corrected chi connectivity index (χ2v) is 5.18. The van der Waals surface area contributed by atoms with Crippen molar-refractivity contribution < 1.29 is 14.4 Å². The summed E-state index contributed by atoms with van der Waals surface area (Å²) in [6, 6.07) is 3.35. The maximum absolute atomic E-state index is 11.9. The van der Waals surface area contributed by atoms with Gasteiger partial charge in [-0.3, -0.25) is 20.2 Å². The Morgan fingerprint density at radius 2 is 1.50 bits per heavy atom. The quantitative estimate of drug-likeness (QED) is 0.552. The molecule has 0 radical (unpaired) electrons. The lowest BCUT2D eigenvalue weighted by molar-refractivity contribution is -0.123. The van der Waals surface area contributed by atoms with E-state index >= 15 is 0 Å². The normalized spacial score (nSPS) is 18.0. The smallest absolute Gasteiger partial charge is 0.273 e. The minimum Gasteiger partial charge on any atom is -0.273 e. The van der Waals surface area contributed by atoms with E-state index in [1.54, 1.807) is 0 Å². The molecule has 20 heavy (non-hydrogen) atoms. The van der Waals surface area contributed by atoms with Crippen molar-refractivity contribution in [2.75, 3.05) is 0 Å². The van der Waals surface area contributed by atoms with Crippen LogP contribution in [0, 0.1) is 13.8 Å². The molecule has 1 heterocycles. The molecule has 4 amide bonds. The molecule has 1 fully saturated rings. The fraction of sp³-hybridized carbons (Fsp3) is 0.267. The minimum atomic E-state index is -0.761. The molecule has 1 aromatic rings. The Morgan fingerprint density at radius 1 is 0.900 bits per heavy atom. The summed E-state index contributed by atoms with van der Waals surface area (Å²) in [6.07, 6.45) is 1.45. The van der Waals surface area contributed by atoms with Gasteiger partial charge in [-0.25, -0.2) is 4.79 Å². The van der Waals surface area contributed by atoms with E-state index in [9.17, 15) is 14.4 Å². The molecule has 5 heteroatoms. The number of nitrogens with one attached hydrogen (secondary N) is 2. The third-order valence-electron chi connectivity index (χ3n) is 3.90. The van der Waals surface area contributed by atoms with Gasteiger partial charge in [0.1, 0.15) is 5.57 Å². The number of barbiturate groups is 1. The lowest BCUT2D eigenvalue weighted by Crippen LogP contribution is -2.51. The molecule has 2 aliphatic rings. The van der Waals surface area contributed by atoms with Crippen molar-refractivity contribution in [2.24, 2.45) is 0 Å². The highest BCUT2D eigenvalue weighted by molar-refractivity contribution is 6.32. The third-order valence-corrected chi connectivity index (χ3v) is 3.90. The highest BCUT2D eigenvalue weighted by Gasteiger charge is 2.33. The number of hydrogen-bond donors (Lipinski definition) is 2. The topological polar surface area (TPSA) is 75.3 Å². The first-order valence-electron chi connectivity index (χ1n) is 6.47. The average Bonchev–Trinajstić information content (AvgIpc) is 2.72. The van der Waals surface area contributed by atoms with Crippen LogP contribution in [0.4, 0.5) is 4.79 Å². The van der Waals surface area contributed by atoms with Crippen molar-refractivity contribution in [3.63, 3.8) is 0 Å². The number of imide groups is 2. The summed E-state index contributed by atoms with van der Waals surface area (Å²) in [5, 5.41) is 4.25. The van der Waals surface area contributed by atoms with Crippen LogP contribution in [0.1, 0.15) is 28.7 Å². The maximum Gasteiger partial charge on any atom is 0.328 e. The molecule has 1 saturated heterocycles. The Bertz CT molecular complexity index is 679. The summed E-state index contributed by atoms with van der Waals surface area (Å²) in [6.45, 7) is 4.04. The highest BCUT2D eigenvalue weighted by Crippen LogP contribution is 2.36. The second kappa shape index (κ2) is 4.30. The first-order chi connectivity index (χ1) is 9.47. The Hall–Kier alpha value is -2.43. The van der Waals surface area contributed by atoms with Crippen molar-refractivity contribution in [3.8, 4) is 0 Å². The Labute approximate surface area is 116 Å². The molecular weight excluding hydrogens is 256 g/mol. The van der Waals surface area contributed by atoms with Crippen LogP contribution in [0.15, 0.2) is 17.7 Å². The van der Waals surface area contributed by atoms with Crippen molar-refractivity contribution >= 4 is 23.4 Å². The molecule has 0 atom stereocenters. The number of hydrogen-bond acceptors (Lipinski definition) is 3. The minimum absolute atomic E-state index is 0.0617. The second-order valence-electron chi connectivity index (χ2n) is 5.18. The molecule has 102 valence electrons. The first-order valence-corrected chi connectivity index (χ1v) is 6.47. The number of urea groups is 1. The number of fused-ring (bicyclic) bond motifs is 1. The standard InChI is InChI=1S/C15H14N2O3/c1-7-5-9-3-4-10(11(9)6-8(7)2)12-13(18)16-15(20)17-14(12)19/h5-6H,3-4H2,1-2H3,(H2,16,17,18,19,20). The van der Waals surface area contributed by atoms with E-state index in [0.717, 1.165) is 28.7 Å². The number of carbonyl (C=O) groups excluding carboxylic acids is 3. The van der Waals surface area contributed by atoms with Crippen LogP contribution < -0.4 is 10.6 Å². The molecule has 0 bridgehead atoms. The average molecular weight is 270 g/mol. The summed E-state index contributed by atoms with van der Waals surface area (Å²) < 4.78 is 0. The van der Waals surface area contributed by atoms with E-state index < -0.39 is 17.8 Å². The molecule has 1 aliphatic heterocycles. The highest BCUT2D eigenvalue weighted by atomic mass is 16.2. The van der Waals surface area contributed by atoms with Gasteiger partial charge in [-0.15, -0.1) is 0 Å². The van der Waals surface area contributed by atoms with Crippen LogP contribution in [-0.2, 0) is 16.0 Å². The number of aryl methyl sites for hydroxylation is 3. The molecule has 1 aliphatic carbocycles. The molecule has 0 spiro atoms. The molecule has 0 saturated carbocycles. The summed E-state index contributed by atoms with van der Waals surface area (Å²) in [5.74, 6) is -1.22. The van der Waals surface area contributed by atoms with E-state index in [2.05, 4.69) is 16.7 Å². The van der Waals surface area contributed by atoms with E-state index in [0.29, 0.717) is 6.42 Å². The Balaban J connectivity index is 2.16. The van der Waals surface area contributed by atoms with Crippen LogP contribution in [0.5, 0.6) is 0 Å². The summed E-state index contributed by atoms with van der Waals surface area (Å²) in [4.78, 5) is 34.9. The molecule has 0 unspecified atom stereocenters. The summed E-state index contributed by atoms with van der Waals surface area (Å²) in [7, 11) is 0. The van der Waals surface area contributed by atoms with Crippen LogP contribution in [-0.4, -0.2) is 17.8 Å². The zero-order valence-electron chi connectivity index (χ0n) is 11.3. The van der Waals surface area contributed by atoms with Crippen molar-refractivity contribution in [1.82, 2.24) is 10.6 Å². The van der Waals surface area contributed by atoms with Gasteiger partial charge in [0, 0.05) is 0 Å². The number of carbonyl (C=O) groups is 3. The summed E-state index contributed by atoms with van der Waals surface area (Å²) in [5.41, 5.74) is 5.20. The van der Waals surface area contributed by atoms with Gasteiger partial charge in [0.25, 0.3) is 11.8 Å². The van der Waals surface area contributed by atoms with Crippen LogP contribution in [0.2, 0.25) is 0 Å². The van der Waals surface area contributed by atoms with Crippen molar-refractivity contribution in [2.45, 2.75) is 26.7 Å². The maximum atomic E-state index is 11.9.